The van der Waals surface area contributed by atoms with Crippen molar-refractivity contribution >= 4 is 30.7 Å². The van der Waals surface area contributed by atoms with Gasteiger partial charge in [-0.25, -0.2) is 8.78 Å². The molecule has 2 atom stereocenters. The molecule has 1 fully saturated rings. The van der Waals surface area contributed by atoms with Crippen LogP contribution in [0.2, 0.25) is 0 Å². The van der Waals surface area contributed by atoms with Crippen LogP contribution in [0.15, 0.2) is 18.2 Å². The molecule has 29 heavy (non-hydrogen) atoms. The van der Waals surface area contributed by atoms with Gasteiger partial charge in [-0.15, -0.1) is 24.8 Å². The summed E-state index contributed by atoms with van der Waals surface area (Å²) in [5.74, 6) is -1.78. The lowest BCUT2D eigenvalue weighted by molar-refractivity contribution is -0.122. The molecule has 0 radical (unpaired) electrons. The monoisotopic (exact) mass is 448 g/mol. The number of carbonyl (C=O) groups is 1. The van der Waals surface area contributed by atoms with E-state index in [1.807, 2.05) is 25.6 Å². The number of aromatic nitrogens is 2. The van der Waals surface area contributed by atoms with Crippen LogP contribution < -0.4 is 10.6 Å². The topological polar surface area (TPSA) is 59.0 Å². The Bertz CT molecular complexity index is 844. The van der Waals surface area contributed by atoms with Gasteiger partial charge >= 0.3 is 0 Å². The molecule has 0 saturated carbocycles. The van der Waals surface area contributed by atoms with Crippen molar-refractivity contribution < 1.29 is 13.6 Å². The number of carbonyl (C=O) groups excluding carboxylic acids is 1. The average Bonchev–Trinajstić information content (AvgIpc) is 2.88. The van der Waals surface area contributed by atoms with E-state index in [9.17, 15) is 13.6 Å². The molecule has 2 unspecified atom stereocenters. The Morgan fingerprint density at radius 1 is 1.28 bits per heavy atom. The van der Waals surface area contributed by atoms with Gasteiger partial charge < -0.3 is 10.6 Å². The van der Waals surface area contributed by atoms with E-state index < -0.39 is 11.6 Å². The molecule has 0 spiro atoms. The maximum atomic E-state index is 13.6. The van der Waals surface area contributed by atoms with E-state index in [1.54, 1.807) is 6.07 Å². The highest BCUT2D eigenvalue weighted by Gasteiger charge is 2.28. The Morgan fingerprint density at radius 3 is 2.62 bits per heavy atom. The van der Waals surface area contributed by atoms with Gasteiger partial charge in [0.1, 0.15) is 0 Å². The average molecular weight is 449 g/mol. The zero-order valence-electron chi connectivity index (χ0n) is 16.8. The van der Waals surface area contributed by atoms with Crippen LogP contribution in [0.1, 0.15) is 41.3 Å². The third-order valence-electron chi connectivity index (χ3n) is 5.46. The van der Waals surface area contributed by atoms with Crippen LogP contribution in [-0.2, 0) is 18.3 Å². The SMILES string of the molecule is Cc1nn(C)c(C)c1CCC(=O)NC1CNCCC1c1ccc(F)c(F)c1.Cl.Cl. The van der Waals surface area contributed by atoms with Crippen LogP contribution in [0, 0.1) is 25.5 Å². The zero-order chi connectivity index (χ0) is 19.6. The zero-order valence-corrected chi connectivity index (χ0v) is 18.4. The number of nitrogens with zero attached hydrogens (tertiary/aromatic N) is 2. The fraction of sp³-hybridized carbons (Fsp3) is 0.500. The Kier molecular flexibility index (Phi) is 9.52. The minimum atomic E-state index is -0.851. The summed E-state index contributed by atoms with van der Waals surface area (Å²) in [5, 5.41) is 10.7. The molecular weight excluding hydrogens is 421 g/mol. The van der Waals surface area contributed by atoms with Crippen LogP contribution in [0.5, 0.6) is 0 Å². The van der Waals surface area contributed by atoms with E-state index in [4.69, 9.17) is 0 Å². The molecule has 1 saturated heterocycles. The molecule has 9 heteroatoms. The molecular formula is C20H28Cl2F2N4O. The van der Waals surface area contributed by atoms with Crippen molar-refractivity contribution in [2.24, 2.45) is 7.05 Å². The first-order chi connectivity index (χ1) is 12.9. The summed E-state index contributed by atoms with van der Waals surface area (Å²) in [6, 6.07) is 3.86. The molecule has 0 aliphatic carbocycles. The standard InChI is InChI=1S/C20H26F2N4O.2ClH/c1-12-15(13(2)26(3)25-12)5-7-20(27)24-19-11-23-9-8-16(19)14-4-6-17(21)18(22)10-14;;/h4,6,10,16,19,23H,5,7-9,11H2,1-3H3,(H,24,27);2*1H. The van der Waals surface area contributed by atoms with E-state index in [0.717, 1.165) is 41.5 Å². The Hall–Kier alpha value is -1.70. The van der Waals surface area contributed by atoms with Gasteiger partial charge in [0.2, 0.25) is 5.91 Å². The second kappa shape index (κ2) is 10.9. The summed E-state index contributed by atoms with van der Waals surface area (Å²) in [4.78, 5) is 12.5. The van der Waals surface area contributed by atoms with Gasteiger partial charge in [0, 0.05) is 37.7 Å². The van der Waals surface area contributed by atoms with Crippen LogP contribution in [0.4, 0.5) is 8.78 Å². The number of aryl methyl sites for hydroxylation is 2. The number of piperidine rings is 1. The molecule has 162 valence electrons. The number of hydrogen-bond donors (Lipinski definition) is 2. The lowest BCUT2D eigenvalue weighted by Gasteiger charge is -2.33. The second-order valence-corrected chi connectivity index (χ2v) is 7.22. The largest absolute Gasteiger partial charge is 0.351 e. The summed E-state index contributed by atoms with van der Waals surface area (Å²) in [7, 11) is 1.89. The van der Waals surface area contributed by atoms with Crippen molar-refractivity contribution in [1.82, 2.24) is 20.4 Å². The molecule has 2 N–H and O–H groups in total. The fourth-order valence-electron chi connectivity index (χ4n) is 3.85. The number of amides is 1. The Labute approximate surface area is 182 Å². The lowest BCUT2D eigenvalue weighted by atomic mass is 9.86. The normalized spacial score (nSPS) is 18.5. The molecule has 3 rings (SSSR count). The van der Waals surface area contributed by atoms with Gasteiger partial charge in [-0.2, -0.15) is 5.10 Å². The number of benzene rings is 1. The van der Waals surface area contributed by atoms with Crippen molar-refractivity contribution in [3.63, 3.8) is 0 Å². The number of nitrogens with one attached hydrogen (secondary N) is 2. The molecule has 1 aromatic heterocycles. The molecule has 2 aromatic rings. The lowest BCUT2D eigenvalue weighted by Crippen LogP contribution is -2.50. The highest BCUT2D eigenvalue weighted by Crippen LogP contribution is 2.27. The smallest absolute Gasteiger partial charge is 0.220 e. The molecule has 1 aliphatic heterocycles. The first-order valence-corrected chi connectivity index (χ1v) is 9.31. The molecule has 0 bridgehead atoms. The van der Waals surface area contributed by atoms with Crippen LogP contribution in [0.25, 0.3) is 0 Å². The Morgan fingerprint density at radius 2 is 2.00 bits per heavy atom. The molecule has 1 amide bonds. The van der Waals surface area contributed by atoms with Gasteiger partial charge in [0.15, 0.2) is 11.6 Å². The summed E-state index contributed by atoms with van der Waals surface area (Å²) < 4.78 is 28.7. The van der Waals surface area contributed by atoms with E-state index in [1.165, 1.54) is 6.07 Å². The predicted molar refractivity (Wildman–Crippen MR) is 114 cm³/mol. The van der Waals surface area contributed by atoms with Crippen molar-refractivity contribution in [3.05, 3.63) is 52.3 Å². The van der Waals surface area contributed by atoms with Crippen molar-refractivity contribution in [1.29, 1.82) is 0 Å². The fourth-order valence-corrected chi connectivity index (χ4v) is 3.85. The van der Waals surface area contributed by atoms with E-state index in [0.29, 0.717) is 19.4 Å². The minimum absolute atomic E-state index is 0. The third-order valence-corrected chi connectivity index (χ3v) is 5.46. The van der Waals surface area contributed by atoms with Crippen LogP contribution in [0.3, 0.4) is 0 Å². The van der Waals surface area contributed by atoms with E-state index in [2.05, 4.69) is 15.7 Å². The first-order valence-electron chi connectivity index (χ1n) is 9.31. The molecule has 2 heterocycles. The summed E-state index contributed by atoms with van der Waals surface area (Å²) in [6.45, 7) is 5.34. The Balaban J connectivity index is 0.00000210. The number of rotatable bonds is 5. The van der Waals surface area contributed by atoms with Gasteiger partial charge in [0.05, 0.1) is 5.69 Å². The minimum Gasteiger partial charge on any atom is -0.351 e. The third kappa shape index (κ3) is 5.90. The molecule has 1 aliphatic rings. The van der Waals surface area contributed by atoms with Gasteiger partial charge in [-0.3, -0.25) is 9.48 Å². The van der Waals surface area contributed by atoms with Crippen molar-refractivity contribution in [2.45, 2.75) is 45.1 Å². The maximum Gasteiger partial charge on any atom is 0.220 e. The number of halogens is 4. The van der Waals surface area contributed by atoms with Crippen LogP contribution in [-0.4, -0.2) is 34.8 Å². The van der Waals surface area contributed by atoms with Gasteiger partial charge in [-0.05, 0) is 56.5 Å². The van der Waals surface area contributed by atoms with Gasteiger partial charge in [0.25, 0.3) is 0 Å². The highest BCUT2D eigenvalue weighted by atomic mass is 35.5. The van der Waals surface area contributed by atoms with Crippen molar-refractivity contribution in [3.8, 4) is 0 Å². The van der Waals surface area contributed by atoms with E-state index in [-0.39, 0.29) is 42.7 Å². The highest BCUT2D eigenvalue weighted by molar-refractivity contribution is 5.85. The first kappa shape index (κ1) is 25.3. The predicted octanol–water partition coefficient (Wildman–Crippen LogP) is 3.35. The quantitative estimate of drug-likeness (QED) is 0.736. The summed E-state index contributed by atoms with van der Waals surface area (Å²) >= 11 is 0. The van der Waals surface area contributed by atoms with Crippen molar-refractivity contribution in [2.75, 3.05) is 13.1 Å². The molecule has 5 nitrogen and oxygen atoms in total. The van der Waals surface area contributed by atoms with Gasteiger partial charge in [-0.1, -0.05) is 6.07 Å². The van der Waals surface area contributed by atoms with E-state index >= 15 is 0 Å². The summed E-state index contributed by atoms with van der Waals surface area (Å²) in [5.41, 5.74) is 3.84. The summed E-state index contributed by atoms with van der Waals surface area (Å²) in [6.07, 6.45) is 1.76. The maximum absolute atomic E-state index is 13.6. The van der Waals surface area contributed by atoms with Crippen LogP contribution >= 0.6 is 24.8 Å². The second-order valence-electron chi connectivity index (χ2n) is 7.22. The molecule has 1 aromatic carbocycles. The number of hydrogen-bond acceptors (Lipinski definition) is 3.